The van der Waals surface area contributed by atoms with E-state index in [0.717, 1.165) is 25.7 Å². The molecule has 0 atom stereocenters. The first-order chi connectivity index (χ1) is 13.2. The van der Waals surface area contributed by atoms with E-state index < -0.39 is 0 Å². The van der Waals surface area contributed by atoms with E-state index in [9.17, 15) is 0 Å². The van der Waals surface area contributed by atoms with Crippen LogP contribution < -0.4 is 0 Å². The lowest BCUT2D eigenvalue weighted by Crippen LogP contribution is -2.21. The monoisotopic (exact) mass is 434 g/mol. The average molecular weight is 435 g/mol. The quantitative estimate of drug-likeness (QED) is 0.378. The van der Waals surface area contributed by atoms with Crippen LogP contribution in [0.2, 0.25) is 0 Å². The summed E-state index contributed by atoms with van der Waals surface area (Å²) in [5.74, 6) is 0.679. The Labute approximate surface area is 187 Å². The molecule has 2 aromatic rings. The maximum Gasteiger partial charge on any atom is 0.0932 e. The Bertz CT molecular complexity index is 760. The summed E-state index contributed by atoms with van der Waals surface area (Å²) in [7, 11) is 0. The van der Waals surface area contributed by atoms with Crippen molar-refractivity contribution in [3.63, 3.8) is 0 Å². The zero-order chi connectivity index (χ0) is 21.9. The van der Waals surface area contributed by atoms with E-state index in [1.807, 2.05) is 22.7 Å². The van der Waals surface area contributed by atoms with Crippen LogP contribution in [0.15, 0.2) is 12.4 Å². The Morgan fingerprint density at radius 2 is 1.17 bits per heavy atom. The first-order valence-electron chi connectivity index (χ1n) is 11.1. The molecule has 0 fully saturated rings. The van der Waals surface area contributed by atoms with E-state index in [2.05, 4.69) is 84.7 Å². The molecule has 2 nitrogen and oxygen atoms in total. The van der Waals surface area contributed by atoms with Gasteiger partial charge in [0.1, 0.15) is 0 Å². The third-order valence-corrected chi connectivity index (χ3v) is 7.27. The van der Waals surface area contributed by atoms with Crippen molar-refractivity contribution in [3.05, 3.63) is 32.2 Å². The van der Waals surface area contributed by atoms with Gasteiger partial charge in [0.15, 0.2) is 0 Å². The van der Waals surface area contributed by atoms with Crippen LogP contribution in [0.1, 0.15) is 94.9 Å². The third-order valence-electron chi connectivity index (χ3n) is 5.25. The number of nitrogens with zero attached hydrogens (tertiary/aromatic N) is 2. The van der Waals surface area contributed by atoms with Crippen molar-refractivity contribution in [3.8, 4) is 0 Å². The standard InChI is InChI=1S/C25H42N2S2/c1-18(2)12-21-26-16-19(28-21)13-24(6,7)10-11-25(8,9)14-20-17-27-22(29-20)15-23(3,4)5/h16-18H,10-15H2,1-9H3. The van der Waals surface area contributed by atoms with Crippen molar-refractivity contribution in [2.45, 2.75) is 101 Å². The number of thiazole rings is 2. The molecular weight excluding hydrogens is 392 g/mol. The summed E-state index contributed by atoms with van der Waals surface area (Å²) in [6.45, 7) is 21.1. The van der Waals surface area contributed by atoms with Gasteiger partial charge in [-0.2, -0.15) is 0 Å². The Hall–Kier alpha value is -0.740. The summed E-state index contributed by atoms with van der Waals surface area (Å²) < 4.78 is 0. The molecule has 0 saturated carbocycles. The summed E-state index contributed by atoms with van der Waals surface area (Å²) in [6.07, 6.45) is 11.1. The van der Waals surface area contributed by atoms with Crippen LogP contribution in [0.25, 0.3) is 0 Å². The second kappa shape index (κ2) is 9.60. The van der Waals surface area contributed by atoms with Gasteiger partial charge >= 0.3 is 0 Å². The molecule has 2 aromatic heterocycles. The highest BCUT2D eigenvalue weighted by Crippen LogP contribution is 2.37. The molecule has 0 radical (unpaired) electrons. The summed E-state index contributed by atoms with van der Waals surface area (Å²) in [4.78, 5) is 12.2. The Balaban J connectivity index is 1.88. The molecule has 0 N–H and O–H groups in total. The van der Waals surface area contributed by atoms with Crippen molar-refractivity contribution in [2.24, 2.45) is 22.2 Å². The first-order valence-corrected chi connectivity index (χ1v) is 12.7. The SMILES string of the molecule is CC(C)Cc1ncc(CC(C)(C)CCC(C)(C)Cc2cnc(CC(C)(C)C)s2)s1. The van der Waals surface area contributed by atoms with Gasteiger partial charge in [0, 0.05) is 35.0 Å². The van der Waals surface area contributed by atoms with Crippen LogP contribution in [-0.4, -0.2) is 9.97 Å². The van der Waals surface area contributed by atoms with Crippen LogP contribution in [0.3, 0.4) is 0 Å². The maximum atomic E-state index is 4.69. The average Bonchev–Trinajstić information content (AvgIpc) is 3.12. The van der Waals surface area contributed by atoms with Gasteiger partial charge in [-0.15, -0.1) is 22.7 Å². The zero-order valence-electron chi connectivity index (χ0n) is 20.2. The molecule has 0 spiro atoms. The number of hydrogen-bond donors (Lipinski definition) is 0. The van der Waals surface area contributed by atoms with Crippen molar-refractivity contribution in [1.29, 1.82) is 0 Å². The molecule has 0 aliphatic heterocycles. The fourth-order valence-corrected chi connectivity index (χ4v) is 6.51. The van der Waals surface area contributed by atoms with Crippen molar-refractivity contribution < 1.29 is 0 Å². The van der Waals surface area contributed by atoms with E-state index in [-0.39, 0.29) is 0 Å². The highest BCUT2D eigenvalue weighted by atomic mass is 32.1. The minimum absolute atomic E-state index is 0.305. The van der Waals surface area contributed by atoms with Gasteiger partial charge in [-0.05, 0) is 47.8 Å². The second-order valence-corrected chi connectivity index (χ2v) is 14.4. The number of hydrogen-bond acceptors (Lipinski definition) is 4. The molecule has 2 heterocycles. The summed E-state index contributed by atoms with van der Waals surface area (Å²) in [6, 6.07) is 0. The highest BCUT2D eigenvalue weighted by molar-refractivity contribution is 7.11. The van der Waals surface area contributed by atoms with Gasteiger partial charge < -0.3 is 0 Å². The molecule has 0 aliphatic carbocycles. The van der Waals surface area contributed by atoms with Gasteiger partial charge in [0.25, 0.3) is 0 Å². The number of rotatable bonds is 10. The van der Waals surface area contributed by atoms with Crippen molar-refractivity contribution in [1.82, 2.24) is 9.97 Å². The number of aromatic nitrogens is 2. The third kappa shape index (κ3) is 9.29. The van der Waals surface area contributed by atoms with Gasteiger partial charge in [0.05, 0.1) is 10.0 Å². The van der Waals surface area contributed by atoms with Gasteiger partial charge in [-0.3, -0.25) is 0 Å². The predicted octanol–water partition coefficient (Wildman–Crippen LogP) is 8.00. The highest BCUT2D eigenvalue weighted by Gasteiger charge is 2.27. The predicted molar refractivity (Wildman–Crippen MR) is 130 cm³/mol. The van der Waals surface area contributed by atoms with Crippen LogP contribution in [-0.2, 0) is 25.7 Å². The van der Waals surface area contributed by atoms with E-state index in [1.54, 1.807) is 0 Å². The van der Waals surface area contributed by atoms with E-state index in [0.29, 0.717) is 22.2 Å². The van der Waals surface area contributed by atoms with Crippen LogP contribution in [0.5, 0.6) is 0 Å². The molecule has 0 saturated heterocycles. The molecule has 0 unspecified atom stereocenters. The normalized spacial score (nSPS) is 13.4. The van der Waals surface area contributed by atoms with Gasteiger partial charge in [-0.1, -0.05) is 62.3 Å². The fourth-order valence-electron chi connectivity index (χ4n) is 3.64. The molecule has 0 bridgehead atoms. The Morgan fingerprint density at radius 3 is 1.62 bits per heavy atom. The van der Waals surface area contributed by atoms with Crippen molar-refractivity contribution >= 4 is 22.7 Å². The molecule has 29 heavy (non-hydrogen) atoms. The molecule has 0 aromatic carbocycles. The van der Waals surface area contributed by atoms with Gasteiger partial charge in [-0.25, -0.2) is 9.97 Å². The maximum absolute atomic E-state index is 4.69. The van der Waals surface area contributed by atoms with Crippen molar-refractivity contribution in [2.75, 3.05) is 0 Å². The van der Waals surface area contributed by atoms with E-state index in [4.69, 9.17) is 0 Å². The minimum Gasteiger partial charge on any atom is -0.249 e. The molecule has 0 amide bonds. The Morgan fingerprint density at radius 1 is 0.724 bits per heavy atom. The molecule has 2 rings (SSSR count). The lowest BCUT2D eigenvalue weighted by atomic mass is 9.75. The lowest BCUT2D eigenvalue weighted by Gasteiger charge is -2.30. The Kier molecular flexibility index (Phi) is 8.12. The first kappa shape index (κ1) is 24.5. The summed E-state index contributed by atoms with van der Waals surface area (Å²) in [5.41, 5.74) is 0.920. The second-order valence-electron chi connectivity index (χ2n) is 12.0. The minimum atomic E-state index is 0.305. The van der Waals surface area contributed by atoms with E-state index in [1.165, 1.54) is 32.6 Å². The lowest BCUT2D eigenvalue weighted by molar-refractivity contribution is 0.238. The summed E-state index contributed by atoms with van der Waals surface area (Å²) >= 11 is 3.83. The molecular formula is C25H42N2S2. The fraction of sp³-hybridized carbons (Fsp3) is 0.760. The molecule has 0 aliphatic rings. The molecule has 4 heteroatoms. The topological polar surface area (TPSA) is 25.8 Å². The summed E-state index contributed by atoms with van der Waals surface area (Å²) in [5, 5.41) is 2.58. The molecule has 164 valence electrons. The van der Waals surface area contributed by atoms with Crippen LogP contribution in [0, 0.1) is 22.2 Å². The smallest absolute Gasteiger partial charge is 0.0932 e. The van der Waals surface area contributed by atoms with Crippen LogP contribution >= 0.6 is 22.7 Å². The van der Waals surface area contributed by atoms with Crippen LogP contribution in [0.4, 0.5) is 0 Å². The zero-order valence-corrected chi connectivity index (χ0v) is 21.8. The van der Waals surface area contributed by atoms with E-state index >= 15 is 0 Å². The largest absolute Gasteiger partial charge is 0.249 e. The van der Waals surface area contributed by atoms with Gasteiger partial charge in [0.2, 0.25) is 0 Å².